The van der Waals surface area contributed by atoms with E-state index in [0.29, 0.717) is 16.5 Å². The van der Waals surface area contributed by atoms with E-state index in [-0.39, 0.29) is 35.9 Å². The number of aryl methyl sites for hydroxylation is 1. The summed E-state index contributed by atoms with van der Waals surface area (Å²) in [6.07, 6.45) is 1.36. The van der Waals surface area contributed by atoms with E-state index in [9.17, 15) is 14.9 Å². The van der Waals surface area contributed by atoms with Gasteiger partial charge in [-0.1, -0.05) is 38.1 Å². The lowest BCUT2D eigenvalue weighted by atomic mass is 9.81. The molecular weight excluding hydrogens is 384 g/mol. The Bertz CT molecular complexity index is 1040. The van der Waals surface area contributed by atoms with Crippen molar-refractivity contribution in [2.24, 2.45) is 11.8 Å². The highest BCUT2D eigenvalue weighted by Crippen LogP contribution is 2.52. The Balaban J connectivity index is 1.57. The second kappa shape index (κ2) is 6.51. The molecule has 2 bridgehead atoms. The number of benzene rings is 1. The topological polar surface area (TPSA) is 70.4 Å². The van der Waals surface area contributed by atoms with Gasteiger partial charge in [-0.05, 0) is 36.8 Å². The van der Waals surface area contributed by atoms with Gasteiger partial charge in [0.2, 0.25) is 11.8 Å². The molecule has 0 radical (unpaired) electrons. The molecule has 148 valence electrons. The van der Waals surface area contributed by atoms with Crippen molar-refractivity contribution < 1.29 is 14.3 Å². The predicted octanol–water partition coefficient (Wildman–Crippen LogP) is 4.39. The lowest BCUT2D eigenvalue weighted by Gasteiger charge is -2.16. The van der Waals surface area contributed by atoms with Crippen molar-refractivity contribution in [3.8, 4) is 17.2 Å². The predicted molar refractivity (Wildman–Crippen MR) is 111 cm³/mol. The molecule has 3 fully saturated rings. The number of thiophene rings is 1. The first kappa shape index (κ1) is 18.5. The molecule has 5 rings (SSSR count). The fraction of sp³-hybridized carbons (Fsp3) is 0.435. The molecule has 0 spiro atoms. The molecule has 0 N–H and O–H groups in total. The summed E-state index contributed by atoms with van der Waals surface area (Å²) in [5.74, 6) is -0.748. The van der Waals surface area contributed by atoms with Gasteiger partial charge in [0.15, 0.2) is 0 Å². The molecule has 3 aliphatic rings. The molecule has 0 unspecified atom stereocenters. The Morgan fingerprint density at radius 2 is 1.69 bits per heavy atom. The molecular formula is C23H22N2O3S. The first-order chi connectivity index (χ1) is 13.9. The lowest BCUT2D eigenvalue weighted by molar-refractivity contribution is -0.124. The van der Waals surface area contributed by atoms with Crippen LogP contribution in [0, 0.1) is 30.1 Å². The quantitative estimate of drug-likeness (QED) is 0.709. The molecule has 3 saturated heterocycles. The van der Waals surface area contributed by atoms with Crippen molar-refractivity contribution in [1.82, 2.24) is 0 Å². The van der Waals surface area contributed by atoms with Crippen molar-refractivity contribution in [2.45, 2.75) is 51.7 Å². The zero-order chi connectivity index (χ0) is 20.4. The molecule has 29 heavy (non-hydrogen) atoms. The summed E-state index contributed by atoms with van der Waals surface area (Å²) in [7, 11) is 0. The number of hydrogen-bond acceptors (Lipinski definition) is 5. The minimum atomic E-state index is -0.385. The largest absolute Gasteiger partial charge is 0.373 e. The second-order valence-corrected chi connectivity index (χ2v) is 9.66. The Hall–Kier alpha value is -2.49. The molecule has 3 aliphatic heterocycles. The molecule has 5 nitrogen and oxygen atoms in total. The number of nitrogens with zero attached hydrogens (tertiary/aromatic N) is 2. The Kier molecular flexibility index (Phi) is 4.16. The van der Waals surface area contributed by atoms with E-state index in [1.165, 1.54) is 21.8 Å². The zero-order valence-electron chi connectivity index (χ0n) is 16.6. The summed E-state index contributed by atoms with van der Waals surface area (Å²) >= 11 is 1.36. The van der Waals surface area contributed by atoms with Crippen molar-refractivity contribution in [3.05, 3.63) is 40.3 Å². The van der Waals surface area contributed by atoms with Crippen LogP contribution in [0.25, 0.3) is 11.1 Å². The normalized spacial score (nSPS) is 27.8. The number of carbonyl (C=O) groups excluding carboxylic acids is 2. The van der Waals surface area contributed by atoms with E-state index < -0.39 is 0 Å². The SMILES string of the molecule is Cc1sc(N2C(=O)[C@@H]3[C@H](C2=O)[C@H]2CC[C@H]3O2)c(C#N)c1-c1ccc(C(C)C)cc1. The number of imide groups is 1. The van der Waals surface area contributed by atoms with E-state index in [4.69, 9.17) is 4.74 Å². The number of fused-ring (bicyclic) bond motifs is 5. The number of nitriles is 1. The average molecular weight is 407 g/mol. The van der Waals surface area contributed by atoms with Gasteiger partial charge in [0.1, 0.15) is 11.1 Å². The van der Waals surface area contributed by atoms with Gasteiger partial charge in [-0.25, -0.2) is 4.90 Å². The van der Waals surface area contributed by atoms with Gasteiger partial charge < -0.3 is 4.74 Å². The average Bonchev–Trinajstić information content (AvgIpc) is 3.44. The van der Waals surface area contributed by atoms with Crippen molar-refractivity contribution in [2.75, 3.05) is 4.90 Å². The van der Waals surface area contributed by atoms with Gasteiger partial charge in [-0.2, -0.15) is 5.26 Å². The maximum Gasteiger partial charge on any atom is 0.241 e. The van der Waals surface area contributed by atoms with Crippen LogP contribution in [0.15, 0.2) is 24.3 Å². The van der Waals surface area contributed by atoms with Gasteiger partial charge in [0.25, 0.3) is 0 Å². The first-order valence-electron chi connectivity index (χ1n) is 10.1. The summed E-state index contributed by atoms with van der Waals surface area (Å²) in [6.45, 7) is 6.23. The van der Waals surface area contributed by atoms with Gasteiger partial charge in [-0.15, -0.1) is 11.3 Å². The van der Waals surface area contributed by atoms with Crippen molar-refractivity contribution in [3.63, 3.8) is 0 Å². The van der Waals surface area contributed by atoms with Crippen LogP contribution in [0.1, 0.15) is 48.6 Å². The van der Waals surface area contributed by atoms with E-state index in [2.05, 4.69) is 32.0 Å². The van der Waals surface area contributed by atoms with Gasteiger partial charge >= 0.3 is 0 Å². The highest BCUT2D eigenvalue weighted by atomic mass is 32.1. The summed E-state index contributed by atoms with van der Waals surface area (Å²) in [5.41, 5.74) is 3.40. The van der Waals surface area contributed by atoms with Crippen LogP contribution >= 0.6 is 11.3 Å². The van der Waals surface area contributed by atoms with Crippen LogP contribution in [0.2, 0.25) is 0 Å². The molecule has 0 saturated carbocycles. The van der Waals surface area contributed by atoms with Crippen molar-refractivity contribution >= 4 is 28.2 Å². The molecule has 6 heteroatoms. The number of rotatable bonds is 3. The fourth-order valence-corrected chi connectivity index (χ4v) is 6.22. The third-order valence-corrected chi connectivity index (χ3v) is 7.62. The standard InChI is InChI=1S/C23H22N2O3S/c1-11(2)13-4-6-14(7-5-13)18-12(3)29-23(15(18)10-24)25-21(26)19-16-8-9-17(28-16)20(19)22(25)27/h4-7,11,16-17,19-20H,8-9H2,1-3H3/t16-,17-,19-,20+/m1/s1. The maximum atomic E-state index is 13.2. The van der Waals surface area contributed by atoms with Crippen molar-refractivity contribution in [1.29, 1.82) is 5.26 Å². The molecule has 4 atom stereocenters. The van der Waals surface area contributed by atoms with Crippen LogP contribution < -0.4 is 4.90 Å². The fourth-order valence-electron chi connectivity index (χ4n) is 5.09. The third kappa shape index (κ3) is 2.54. The highest BCUT2D eigenvalue weighted by Gasteiger charge is 2.63. The molecule has 1 aromatic heterocycles. The third-order valence-electron chi connectivity index (χ3n) is 6.53. The van der Waals surface area contributed by atoms with Crippen LogP contribution in [-0.4, -0.2) is 24.0 Å². The Morgan fingerprint density at radius 3 is 2.21 bits per heavy atom. The molecule has 4 heterocycles. The lowest BCUT2D eigenvalue weighted by Crippen LogP contribution is -2.34. The zero-order valence-corrected chi connectivity index (χ0v) is 17.5. The number of amides is 2. The second-order valence-electron chi connectivity index (χ2n) is 8.46. The van der Waals surface area contributed by atoms with Gasteiger partial charge in [0, 0.05) is 10.4 Å². The summed E-state index contributed by atoms with van der Waals surface area (Å²) < 4.78 is 5.82. The molecule has 0 aliphatic carbocycles. The van der Waals surface area contributed by atoms with Crippen LogP contribution in [0.3, 0.4) is 0 Å². The molecule has 2 aromatic rings. The van der Waals surface area contributed by atoms with E-state index in [1.807, 2.05) is 19.1 Å². The number of anilines is 1. The first-order valence-corrected chi connectivity index (χ1v) is 10.9. The Morgan fingerprint density at radius 1 is 1.10 bits per heavy atom. The maximum absolute atomic E-state index is 13.2. The number of hydrogen-bond donors (Lipinski definition) is 0. The summed E-state index contributed by atoms with van der Waals surface area (Å²) in [6, 6.07) is 10.5. The summed E-state index contributed by atoms with van der Waals surface area (Å²) in [4.78, 5) is 28.5. The van der Waals surface area contributed by atoms with E-state index >= 15 is 0 Å². The van der Waals surface area contributed by atoms with E-state index in [1.54, 1.807) is 0 Å². The van der Waals surface area contributed by atoms with Crippen LogP contribution in [0.5, 0.6) is 0 Å². The monoisotopic (exact) mass is 406 g/mol. The van der Waals surface area contributed by atoms with Crippen LogP contribution in [-0.2, 0) is 14.3 Å². The minimum absolute atomic E-state index is 0.152. The summed E-state index contributed by atoms with van der Waals surface area (Å²) in [5, 5.41) is 10.4. The molecule has 1 aromatic carbocycles. The van der Waals surface area contributed by atoms with Gasteiger partial charge in [-0.3, -0.25) is 9.59 Å². The van der Waals surface area contributed by atoms with E-state index in [0.717, 1.165) is 28.8 Å². The highest BCUT2D eigenvalue weighted by molar-refractivity contribution is 7.17. The van der Waals surface area contributed by atoms with Gasteiger partial charge in [0.05, 0.1) is 29.6 Å². The Labute approximate surface area is 173 Å². The number of ether oxygens (including phenoxy) is 1. The molecule has 2 amide bonds. The van der Waals surface area contributed by atoms with Crippen LogP contribution in [0.4, 0.5) is 5.00 Å². The minimum Gasteiger partial charge on any atom is -0.373 e. The smallest absolute Gasteiger partial charge is 0.241 e. The number of carbonyl (C=O) groups is 2.